The van der Waals surface area contributed by atoms with E-state index in [1.54, 1.807) is 0 Å². The third-order valence-electron chi connectivity index (χ3n) is 1.57. The molecule has 1 heterocycles. The number of rotatable bonds is 2. The first-order chi connectivity index (χ1) is 4.33. The molecule has 0 N–H and O–H groups in total. The Bertz CT molecular complexity index is 120. The van der Waals surface area contributed by atoms with Gasteiger partial charge in [0.2, 0.25) is 0 Å². The van der Waals surface area contributed by atoms with E-state index >= 15 is 0 Å². The van der Waals surface area contributed by atoms with Gasteiger partial charge < -0.3 is 0 Å². The van der Waals surface area contributed by atoms with E-state index in [9.17, 15) is 4.39 Å². The highest BCUT2D eigenvalue weighted by atomic mass is 19.1. The highest BCUT2D eigenvalue weighted by Gasteiger charge is 2.08. The largest absolute Gasteiger partial charge is 0.293 e. The van der Waals surface area contributed by atoms with Crippen LogP contribution in [0.3, 0.4) is 0 Å². The molecule has 1 aliphatic heterocycles. The summed E-state index contributed by atoms with van der Waals surface area (Å²) in [6, 6.07) is 0. The zero-order chi connectivity index (χ0) is 6.69. The number of alkyl halides is 1. The Balaban J connectivity index is 2.21. The Morgan fingerprint density at radius 3 is 3.00 bits per heavy atom. The van der Waals surface area contributed by atoms with Crippen molar-refractivity contribution in [3.05, 3.63) is 11.6 Å². The maximum atomic E-state index is 11.7. The summed E-state index contributed by atoms with van der Waals surface area (Å²) in [6.45, 7) is 4.35. The average Bonchev–Trinajstić information content (AvgIpc) is 2.17. The van der Waals surface area contributed by atoms with Crippen LogP contribution in [0.1, 0.15) is 6.92 Å². The number of halogens is 1. The molecule has 0 aromatic heterocycles. The fraction of sp³-hybridized carbons (Fsp3) is 0.714. The van der Waals surface area contributed by atoms with Crippen molar-refractivity contribution in [3.63, 3.8) is 0 Å². The Morgan fingerprint density at radius 1 is 1.78 bits per heavy atom. The van der Waals surface area contributed by atoms with Gasteiger partial charge in [0.25, 0.3) is 0 Å². The Labute approximate surface area is 55.2 Å². The fourth-order valence-corrected chi connectivity index (χ4v) is 1.06. The minimum Gasteiger partial charge on any atom is -0.293 e. The van der Waals surface area contributed by atoms with E-state index < -0.39 is 0 Å². The van der Waals surface area contributed by atoms with E-state index in [0.717, 1.165) is 13.1 Å². The second-order valence-electron chi connectivity index (χ2n) is 2.47. The molecular formula is C7H12FN. The van der Waals surface area contributed by atoms with E-state index in [4.69, 9.17) is 0 Å². The highest BCUT2D eigenvalue weighted by Crippen LogP contribution is 2.06. The van der Waals surface area contributed by atoms with Gasteiger partial charge in [-0.2, -0.15) is 0 Å². The SMILES string of the molecule is CC1=CCN(CCF)C1. The number of nitrogens with zero attached hydrogens (tertiary/aromatic N) is 1. The van der Waals surface area contributed by atoms with Crippen molar-refractivity contribution < 1.29 is 4.39 Å². The smallest absolute Gasteiger partial charge is 0.102 e. The Kier molecular flexibility index (Phi) is 2.22. The van der Waals surface area contributed by atoms with Crippen molar-refractivity contribution >= 4 is 0 Å². The first kappa shape index (κ1) is 6.75. The molecule has 0 atom stereocenters. The first-order valence-electron chi connectivity index (χ1n) is 3.27. The van der Waals surface area contributed by atoms with Gasteiger partial charge in [0.15, 0.2) is 0 Å². The van der Waals surface area contributed by atoms with Gasteiger partial charge in [0, 0.05) is 19.6 Å². The van der Waals surface area contributed by atoms with Crippen LogP contribution in [-0.4, -0.2) is 31.2 Å². The molecule has 0 fully saturated rings. The zero-order valence-corrected chi connectivity index (χ0v) is 5.73. The monoisotopic (exact) mass is 129 g/mol. The van der Waals surface area contributed by atoms with Gasteiger partial charge in [-0.05, 0) is 6.92 Å². The predicted molar refractivity (Wildman–Crippen MR) is 36.2 cm³/mol. The summed E-state index contributed by atoms with van der Waals surface area (Å²) in [4.78, 5) is 2.09. The van der Waals surface area contributed by atoms with E-state index in [1.807, 2.05) is 0 Å². The van der Waals surface area contributed by atoms with Crippen LogP contribution >= 0.6 is 0 Å². The van der Waals surface area contributed by atoms with Crippen LogP contribution in [0.2, 0.25) is 0 Å². The second kappa shape index (κ2) is 2.97. The van der Waals surface area contributed by atoms with Crippen molar-refractivity contribution in [3.8, 4) is 0 Å². The van der Waals surface area contributed by atoms with Gasteiger partial charge in [-0.1, -0.05) is 11.6 Å². The lowest BCUT2D eigenvalue weighted by Gasteiger charge is -2.11. The molecule has 9 heavy (non-hydrogen) atoms. The molecule has 0 unspecified atom stereocenters. The van der Waals surface area contributed by atoms with Gasteiger partial charge in [0.05, 0.1) is 0 Å². The van der Waals surface area contributed by atoms with Crippen LogP contribution in [0, 0.1) is 0 Å². The van der Waals surface area contributed by atoms with Crippen LogP contribution in [0.4, 0.5) is 4.39 Å². The van der Waals surface area contributed by atoms with Crippen LogP contribution in [0.15, 0.2) is 11.6 Å². The average molecular weight is 129 g/mol. The standard InChI is InChI=1S/C7H12FN/c1-7-2-4-9(6-7)5-3-8/h2H,3-6H2,1H3. The van der Waals surface area contributed by atoms with E-state index in [-0.39, 0.29) is 6.67 Å². The topological polar surface area (TPSA) is 3.24 Å². The molecule has 0 aliphatic carbocycles. The molecule has 0 bridgehead atoms. The van der Waals surface area contributed by atoms with E-state index in [2.05, 4.69) is 17.9 Å². The van der Waals surface area contributed by atoms with Gasteiger partial charge in [-0.3, -0.25) is 4.90 Å². The van der Waals surface area contributed by atoms with Gasteiger partial charge in [-0.25, -0.2) is 4.39 Å². The maximum absolute atomic E-state index is 11.7. The summed E-state index contributed by atoms with van der Waals surface area (Å²) in [5.74, 6) is 0. The summed E-state index contributed by atoms with van der Waals surface area (Å²) in [5, 5.41) is 0. The van der Waals surface area contributed by atoms with Crippen molar-refractivity contribution in [2.24, 2.45) is 0 Å². The summed E-state index contributed by atoms with van der Waals surface area (Å²) in [5.41, 5.74) is 1.36. The minimum absolute atomic E-state index is 0.221. The van der Waals surface area contributed by atoms with Crippen LogP contribution in [0.5, 0.6) is 0 Å². The zero-order valence-electron chi connectivity index (χ0n) is 5.73. The number of hydrogen-bond acceptors (Lipinski definition) is 1. The predicted octanol–water partition coefficient (Wildman–Crippen LogP) is 1.22. The van der Waals surface area contributed by atoms with Crippen LogP contribution in [-0.2, 0) is 0 Å². The van der Waals surface area contributed by atoms with Crippen molar-refractivity contribution in [1.82, 2.24) is 4.90 Å². The maximum Gasteiger partial charge on any atom is 0.102 e. The van der Waals surface area contributed by atoms with Gasteiger partial charge >= 0.3 is 0 Å². The fourth-order valence-electron chi connectivity index (χ4n) is 1.06. The molecule has 0 amide bonds. The lowest BCUT2D eigenvalue weighted by Crippen LogP contribution is -2.22. The molecule has 0 radical (unpaired) electrons. The quantitative estimate of drug-likeness (QED) is 0.507. The molecule has 1 rings (SSSR count). The summed E-state index contributed by atoms with van der Waals surface area (Å²) in [7, 11) is 0. The first-order valence-corrected chi connectivity index (χ1v) is 3.27. The normalized spacial score (nSPS) is 20.4. The van der Waals surface area contributed by atoms with Crippen LogP contribution in [0.25, 0.3) is 0 Å². The molecule has 2 heteroatoms. The van der Waals surface area contributed by atoms with E-state index in [0.29, 0.717) is 6.54 Å². The molecule has 0 saturated carbocycles. The van der Waals surface area contributed by atoms with Crippen LogP contribution < -0.4 is 0 Å². The van der Waals surface area contributed by atoms with Crippen molar-refractivity contribution in [2.45, 2.75) is 6.92 Å². The lowest BCUT2D eigenvalue weighted by molar-refractivity contribution is 0.304. The third-order valence-corrected chi connectivity index (χ3v) is 1.57. The summed E-state index contributed by atoms with van der Waals surface area (Å²) in [6.07, 6.45) is 2.15. The highest BCUT2D eigenvalue weighted by molar-refractivity contribution is 5.08. The molecule has 0 spiro atoms. The molecule has 0 aromatic carbocycles. The molecular weight excluding hydrogens is 117 g/mol. The molecule has 52 valence electrons. The molecule has 1 nitrogen and oxygen atoms in total. The Hall–Kier alpha value is -0.370. The second-order valence-corrected chi connectivity index (χ2v) is 2.47. The molecule has 1 aliphatic rings. The van der Waals surface area contributed by atoms with Gasteiger partial charge in [0.1, 0.15) is 6.67 Å². The minimum atomic E-state index is -0.221. The number of hydrogen-bond donors (Lipinski definition) is 0. The molecule has 0 saturated heterocycles. The lowest BCUT2D eigenvalue weighted by atomic mass is 10.3. The third kappa shape index (κ3) is 1.79. The molecule has 0 aromatic rings. The van der Waals surface area contributed by atoms with Gasteiger partial charge in [-0.15, -0.1) is 0 Å². The Morgan fingerprint density at radius 2 is 2.56 bits per heavy atom. The summed E-state index contributed by atoms with van der Waals surface area (Å²) >= 11 is 0. The van der Waals surface area contributed by atoms with Crippen molar-refractivity contribution in [1.29, 1.82) is 0 Å². The summed E-state index contributed by atoms with van der Waals surface area (Å²) < 4.78 is 11.7. The van der Waals surface area contributed by atoms with Crippen molar-refractivity contribution in [2.75, 3.05) is 26.3 Å². The van der Waals surface area contributed by atoms with E-state index in [1.165, 1.54) is 5.57 Å².